The summed E-state index contributed by atoms with van der Waals surface area (Å²) in [5, 5.41) is 0. The third-order valence-electron chi connectivity index (χ3n) is 5.68. The third-order valence-corrected chi connectivity index (χ3v) is 7.60. The Hall–Kier alpha value is -2.45. The maximum Gasteiger partial charge on any atom is 0.246 e. The minimum atomic E-state index is -3.71. The molecule has 1 amide bonds. The highest BCUT2D eigenvalue weighted by atomic mass is 32.2. The van der Waals surface area contributed by atoms with Gasteiger partial charge in [0, 0.05) is 50.2 Å². The van der Waals surface area contributed by atoms with Crippen molar-refractivity contribution in [3.05, 3.63) is 59.2 Å². The van der Waals surface area contributed by atoms with Crippen LogP contribution < -0.4 is 0 Å². The number of carbonyl (C=O) groups excluding carboxylic acids is 1. The van der Waals surface area contributed by atoms with Gasteiger partial charge < -0.3 is 9.47 Å². The van der Waals surface area contributed by atoms with E-state index in [1.54, 1.807) is 11.0 Å². The molecule has 1 aliphatic heterocycles. The summed E-state index contributed by atoms with van der Waals surface area (Å²) in [4.78, 5) is 14.5. The lowest BCUT2D eigenvalue weighted by molar-refractivity contribution is -0.125. The molecule has 0 N–H and O–H groups in total. The van der Waals surface area contributed by atoms with E-state index in [0.717, 1.165) is 36.4 Å². The molecule has 3 rings (SSSR count). The first-order valence-electron chi connectivity index (χ1n) is 10.6. The first-order chi connectivity index (χ1) is 14.7. The average Bonchev–Trinajstić information content (AvgIpc) is 2.92. The van der Waals surface area contributed by atoms with Crippen LogP contribution in [0.25, 0.3) is 6.08 Å². The topological polar surface area (TPSA) is 62.6 Å². The number of rotatable bonds is 6. The number of aryl methyl sites for hydroxylation is 1. The number of amides is 1. The number of hydrogen-bond acceptors (Lipinski definition) is 3. The smallest absolute Gasteiger partial charge is 0.246 e. The van der Waals surface area contributed by atoms with Gasteiger partial charge >= 0.3 is 0 Å². The fourth-order valence-corrected chi connectivity index (χ4v) is 5.41. The maximum atomic E-state index is 13.1. The van der Waals surface area contributed by atoms with Crippen molar-refractivity contribution in [3.8, 4) is 0 Å². The molecule has 0 atom stereocenters. The number of benzene rings is 1. The van der Waals surface area contributed by atoms with Gasteiger partial charge in [-0.15, -0.1) is 0 Å². The van der Waals surface area contributed by atoms with Gasteiger partial charge in [0.1, 0.15) is 5.82 Å². The Morgan fingerprint density at radius 3 is 2.48 bits per heavy atom. The summed E-state index contributed by atoms with van der Waals surface area (Å²) in [6, 6.07) is 6.91. The Morgan fingerprint density at radius 1 is 1.10 bits per heavy atom. The van der Waals surface area contributed by atoms with Crippen molar-refractivity contribution in [1.29, 1.82) is 0 Å². The number of halogens is 1. The Kier molecular flexibility index (Phi) is 7.33. The van der Waals surface area contributed by atoms with E-state index in [1.807, 2.05) is 6.08 Å². The van der Waals surface area contributed by atoms with Gasteiger partial charge in [0.25, 0.3) is 0 Å². The molecule has 0 saturated carbocycles. The molecule has 1 aliphatic rings. The van der Waals surface area contributed by atoms with Crippen LogP contribution in [0.4, 0.5) is 4.39 Å². The van der Waals surface area contributed by atoms with Crippen LogP contribution in [0.2, 0.25) is 0 Å². The van der Waals surface area contributed by atoms with E-state index in [9.17, 15) is 17.6 Å². The van der Waals surface area contributed by atoms with Crippen molar-refractivity contribution < 1.29 is 17.6 Å². The molecule has 1 aromatic heterocycles. The standard InChI is InChI=1S/C23H30FN3O3S/c1-4-12-27-18(2)17-20(19(27)3)6-11-23(28)25-13-5-14-26(16-15-25)31(29,30)22-9-7-21(24)8-10-22/h6-11,17H,4-5,12-16H2,1-3H3/b11-6+. The minimum absolute atomic E-state index is 0.0657. The largest absolute Gasteiger partial charge is 0.349 e. The predicted octanol–water partition coefficient (Wildman–Crippen LogP) is 3.59. The summed E-state index contributed by atoms with van der Waals surface area (Å²) in [7, 11) is -3.71. The molecule has 168 valence electrons. The van der Waals surface area contributed by atoms with Crippen LogP contribution in [0.1, 0.15) is 36.7 Å². The molecule has 0 aliphatic carbocycles. The van der Waals surface area contributed by atoms with Gasteiger partial charge in [0.15, 0.2) is 0 Å². The zero-order chi connectivity index (χ0) is 22.6. The molecule has 1 fully saturated rings. The van der Waals surface area contributed by atoms with E-state index in [2.05, 4.69) is 31.4 Å². The molecular formula is C23H30FN3O3S. The van der Waals surface area contributed by atoms with Crippen molar-refractivity contribution >= 4 is 22.0 Å². The van der Waals surface area contributed by atoms with E-state index >= 15 is 0 Å². The normalized spacial score (nSPS) is 16.1. The zero-order valence-corrected chi connectivity index (χ0v) is 19.2. The van der Waals surface area contributed by atoms with E-state index < -0.39 is 15.8 Å². The summed E-state index contributed by atoms with van der Waals surface area (Å²) >= 11 is 0. The average molecular weight is 448 g/mol. The Balaban J connectivity index is 1.67. The lowest BCUT2D eigenvalue weighted by atomic mass is 10.2. The first-order valence-corrected chi connectivity index (χ1v) is 12.1. The first kappa shape index (κ1) is 23.2. The second-order valence-corrected chi connectivity index (χ2v) is 9.79. The number of hydrogen-bond donors (Lipinski definition) is 0. The van der Waals surface area contributed by atoms with Gasteiger partial charge in [-0.3, -0.25) is 4.79 Å². The molecule has 31 heavy (non-hydrogen) atoms. The quantitative estimate of drug-likeness (QED) is 0.636. The number of nitrogens with zero attached hydrogens (tertiary/aromatic N) is 3. The highest BCUT2D eigenvalue weighted by molar-refractivity contribution is 7.89. The van der Waals surface area contributed by atoms with Gasteiger partial charge in [-0.1, -0.05) is 6.92 Å². The van der Waals surface area contributed by atoms with E-state index in [1.165, 1.54) is 22.1 Å². The van der Waals surface area contributed by atoms with Crippen LogP contribution in [0, 0.1) is 19.7 Å². The second kappa shape index (κ2) is 9.78. The van der Waals surface area contributed by atoms with Crippen molar-refractivity contribution in [2.45, 2.75) is 45.1 Å². The van der Waals surface area contributed by atoms with E-state index in [-0.39, 0.29) is 17.3 Å². The molecule has 2 heterocycles. The van der Waals surface area contributed by atoms with Crippen LogP contribution in [0.3, 0.4) is 0 Å². The van der Waals surface area contributed by atoms with Crippen molar-refractivity contribution in [2.24, 2.45) is 0 Å². The molecule has 8 heteroatoms. The van der Waals surface area contributed by atoms with Gasteiger partial charge in [-0.25, -0.2) is 12.8 Å². The molecule has 2 aromatic rings. The summed E-state index contributed by atoms with van der Waals surface area (Å²) in [6.45, 7) is 8.55. The van der Waals surface area contributed by atoms with E-state index in [4.69, 9.17) is 0 Å². The maximum absolute atomic E-state index is 13.1. The van der Waals surface area contributed by atoms with Crippen LogP contribution in [0.15, 0.2) is 41.3 Å². The van der Waals surface area contributed by atoms with Crippen LogP contribution in [-0.4, -0.2) is 54.3 Å². The third kappa shape index (κ3) is 5.25. The Labute approximate surface area is 184 Å². The van der Waals surface area contributed by atoms with Crippen molar-refractivity contribution in [2.75, 3.05) is 26.2 Å². The summed E-state index contributed by atoms with van der Waals surface area (Å²) in [6.07, 6.45) is 5.01. The molecule has 0 unspecified atom stereocenters. The Bertz CT molecular complexity index is 1060. The van der Waals surface area contributed by atoms with E-state index in [0.29, 0.717) is 26.1 Å². The summed E-state index contributed by atoms with van der Waals surface area (Å²) in [5.74, 6) is -0.602. The molecule has 0 radical (unpaired) electrons. The number of sulfonamides is 1. The lowest BCUT2D eigenvalue weighted by Gasteiger charge is -2.21. The van der Waals surface area contributed by atoms with Gasteiger partial charge in [0.05, 0.1) is 4.90 Å². The molecular weight excluding hydrogens is 417 g/mol. The fourth-order valence-electron chi connectivity index (χ4n) is 3.94. The molecule has 0 spiro atoms. The molecule has 6 nitrogen and oxygen atoms in total. The lowest BCUT2D eigenvalue weighted by Crippen LogP contribution is -2.36. The molecule has 0 bridgehead atoms. The number of carbonyl (C=O) groups is 1. The second-order valence-electron chi connectivity index (χ2n) is 7.85. The van der Waals surface area contributed by atoms with Crippen LogP contribution >= 0.6 is 0 Å². The zero-order valence-electron chi connectivity index (χ0n) is 18.3. The predicted molar refractivity (Wildman–Crippen MR) is 120 cm³/mol. The highest BCUT2D eigenvalue weighted by Crippen LogP contribution is 2.19. The number of aromatic nitrogens is 1. The fraction of sp³-hybridized carbons (Fsp3) is 0.435. The molecule has 1 saturated heterocycles. The summed E-state index contributed by atoms with van der Waals surface area (Å²) in [5.41, 5.74) is 3.33. The summed E-state index contributed by atoms with van der Waals surface area (Å²) < 4.78 is 42.5. The monoisotopic (exact) mass is 447 g/mol. The Morgan fingerprint density at radius 2 is 1.81 bits per heavy atom. The van der Waals surface area contributed by atoms with Crippen LogP contribution in [0.5, 0.6) is 0 Å². The van der Waals surface area contributed by atoms with Crippen LogP contribution in [-0.2, 0) is 21.4 Å². The highest BCUT2D eigenvalue weighted by Gasteiger charge is 2.27. The van der Waals surface area contributed by atoms with Gasteiger partial charge in [-0.2, -0.15) is 4.31 Å². The SMILES string of the molecule is CCCn1c(C)cc(/C=C/C(=O)N2CCCN(S(=O)(=O)c3ccc(F)cc3)CC2)c1C. The minimum Gasteiger partial charge on any atom is -0.349 e. The van der Waals surface area contributed by atoms with Gasteiger partial charge in [-0.05, 0) is 68.7 Å². The van der Waals surface area contributed by atoms with Gasteiger partial charge in [0.2, 0.25) is 15.9 Å². The molecule has 1 aromatic carbocycles. The van der Waals surface area contributed by atoms with Crippen molar-refractivity contribution in [3.63, 3.8) is 0 Å². The van der Waals surface area contributed by atoms with Crippen molar-refractivity contribution in [1.82, 2.24) is 13.8 Å².